The van der Waals surface area contributed by atoms with Crippen molar-refractivity contribution >= 4 is 57.4 Å². The van der Waals surface area contributed by atoms with Gasteiger partial charge in [0.25, 0.3) is 0 Å². The number of carbonyl (C=O) groups excluding carboxylic acids is 4. The molecule has 4 aliphatic rings. The Morgan fingerprint density at radius 3 is 2.07 bits per heavy atom. The lowest BCUT2D eigenvalue weighted by Crippen LogP contribution is -2.54. The van der Waals surface area contributed by atoms with Crippen molar-refractivity contribution in [3.63, 3.8) is 0 Å². The second-order valence-corrected chi connectivity index (χ2v) is 18.4. The van der Waals surface area contributed by atoms with Crippen LogP contribution in [0.5, 0.6) is 0 Å². The molecule has 320 valence electrons. The standard InChI is InChI=1S/C46H53ClN8O6/c1-21(2)34(51-45(58)60-6)43(56)54-29-15-12-28(19-29)39(54)42-49-36(40(47)53-42)25-10-8-24(9-11-25)26-13-16-30-27(18-26)14-17-32-37(30)50-41(48-32)33-20-31-23(5)38(31)55(33)44(57)35(22(3)4)52-46(59)61-7/h8-11,13-14,16-18,21-23,28-29,31,33-35,38-39H,12,15,19-20H2,1-7H3,(H,48,50)(H,49,53)(H,51,58)(H,52,59)/t23?,28-,29+,31?,33-,34?,35-,38?,39-/m0/s1. The SMILES string of the molecule is COC(=O)NC(C(=O)N1[C@@H]2CC[C@@H](C2)[C@H]1c1nc(-c2ccc(-c3ccc4c(ccc5[nH]c([C@@H]6CC7C(C)C7N6C(=O)[C@@H](NC(=O)OC)C(C)C)nc54)c3)cc2)c(Cl)[nH]1)C(C)C. The Kier molecular flexibility index (Phi) is 10.5. The number of benzene rings is 3. The van der Waals surface area contributed by atoms with Gasteiger partial charge in [-0.1, -0.05) is 88.7 Å². The molecule has 15 heteroatoms. The number of imidazole rings is 2. The van der Waals surface area contributed by atoms with Crippen molar-refractivity contribution < 1.29 is 28.7 Å². The van der Waals surface area contributed by atoms with E-state index in [-0.39, 0.29) is 53.7 Å². The predicted molar refractivity (Wildman–Crippen MR) is 231 cm³/mol. The topological polar surface area (TPSA) is 175 Å². The van der Waals surface area contributed by atoms with E-state index in [1.807, 2.05) is 55.7 Å². The van der Waals surface area contributed by atoms with E-state index < -0.39 is 24.3 Å². The molecule has 2 saturated carbocycles. The molecule has 0 radical (unpaired) electrons. The van der Waals surface area contributed by atoms with E-state index in [4.69, 9.17) is 31.0 Å². The van der Waals surface area contributed by atoms with Crippen LogP contribution in [0, 0.1) is 29.6 Å². The van der Waals surface area contributed by atoms with Crippen LogP contribution < -0.4 is 10.6 Å². The van der Waals surface area contributed by atoms with E-state index in [0.29, 0.717) is 28.5 Å². The number of amides is 4. The lowest BCUT2D eigenvalue weighted by molar-refractivity contribution is -0.139. The predicted octanol–water partition coefficient (Wildman–Crippen LogP) is 8.15. The number of nitrogens with one attached hydrogen (secondary N) is 4. The van der Waals surface area contributed by atoms with Crippen molar-refractivity contribution in [3.8, 4) is 22.4 Å². The highest BCUT2D eigenvalue weighted by Gasteiger charge is 2.61. The monoisotopic (exact) mass is 848 g/mol. The van der Waals surface area contributed by atoms with Crippen LogP contribution in [0.15, 0.2) is 54.6 Å². The third kappa shape index (κ3) is 7.06. The van der Waals surface area contributed by atoms with Gasteiger partial charge < -0.3 is 39.9 Å². The Morgan fingerprint density at radius 1 is 0.770 bits per heavy atom. The van der Waals surface area contributed by atoms with Crippen molar-refractivity contribution in [2.24, 2.45) is 29.6 Å². The summed E-state index contributed by atoms with van der Waals surface area (Å²) < 4.78 is 9.67. The molecule has 2 aliphatic heterocycles. The number of H-pyrrole nitrogens is 2. The number of likely N-dealkylation sites (tertiary alicyclic amines) is 2. The Balaban J connectivity index is 0.949. The minimum absolute atomic E-state index is 0.0755. The molecule has 3 aromatic carbocycles. The number of fused-ring (bicyclic) bond motifs is 6. The zero-order valence-electron chi connectivity index (χ0n) is 35.5. The molecule has 9 atom stereocenters. The first-order valence-corrected chi connectivity index (χ1v) is 21.8. The quantitative estimate of drug-likeness (QED) is 0.109. The van der Waals surface area contributed by atoms with Crippen LogP contribution in [-0.2, 0) is 19.1 Å². The molecule has 2 aliphatic carbocycles. The third-order valence-electron chi connectivity index (χ3n) is 13.8. The highest BCUT2D eigenvalue weighted by Crippen LogP contribution is 2.58. The smallest absolute Gasteiger partial charge is 0.407 e. The summed E-state index contributed by atoms with van der Waals surface area (Å²) >= 11 is 6.85. The van der Waals surface area contributed by atoms with E-state index in [9.17, 15) is 19.2 Å². The van der Waals surface area contributed by atoms with Gasteiger partial charge in [-0.05, 0) is 83.9 Å². The number of ether oxygens (including phenoxy) is 2. The number of rotatable bonds is 10. The number of nitrogens with zero attached hydrogens (tertiary/aromatic N) is 4. The molecule has 5 aromatic rings. The van der Waals surface area contributed by atoms with E-state index >= 15 is 0 Å². The maximum Gasteiger partial charge on any atom is 0.407 e. The van der Waals surface area contributed by atoms with Crippen LogP contribution in [0.25, 0.3) is 44.2 Å². The van der Waals surface area contributed by atoms with Gasteiger partial charge in [0.15, 0.2) is 0 Å². The van der Waals surface area contributed by atoms with Crippen molar-refractivity contribution in [3.05, 3.63) is 71.4 Å². The fourth-order valence-corrected chi connectivity index (χ4v) is 10.8. The molecule has 2 aromatic heterocycles. The van der Waals surface area contributed by atoms with E-state index in [1.54, 1.807) is 0 Å². The van der Waals surface area contributed by atoms with Crippen LogP contribution in [-0.4, -0.2) is 92.1 Å². The lowest BCUT2D eigenvalue weighted by Gasteiger charge is -2.37. The lowest BCUT2D eigenvalue weighted by atomic mass is 9.95. The van der Waals surface area contributed by atoms with Gasteiger partial charge in [0.2, 0.25) is 11.8 Å². The number of aromatic amines is 2. The molecule has 4 heterocycles. The van der Waals surface area contributed by atoms with Crippen LogP contribution in [0.4, 0.5) is 9.59 Å². The van der Waals surface area contributed by atoms with Gasteiger partial charge in [0.1, 0.15) is 34.6 Å². The van der Waals surface area contributed by atoms with Crippen LogP contribution in [0.2, 0.25) is 5.15 Å². The molecule has 4 unspecified atom stereocenters. The largest absolute Gasteiger partial charge is 0.453 e. The first-order chi connectivity index (χ1) is 29.3. The fourth-order valence-electron chi connectivity index (χ4n) is 10.5. The average Bonchev–Trinajstić information content (AvgIpc) is 3.95. The highest BCUT2D eigenvalue weighted by molar-refractivity contribution is 6.32. The van der Waals surface area contributed by atoms with Gasteiger partial charge >= 0.3 is 12.2 Å². The maximum absolute atomic E-state index is 14.1. The summed E-state index contributed by atoms with van der Waals surface area (Å²) in [5, 5.41) is 7.97. The number of alkyl carbamates (subject to hydrolysis) is 2. The molecule has 14 nitrogen and oxygen atoms in total. The molecular formula is C46H53ClN8O6. The first kappa shape index (κ1) is 40.8. The van der Waals surface area contributed by atoms with Crippen LogP contribution in [0.3, 0.4) is 0 Å². The van der Waals surface area contributed by atoms with Gasteiger partial charge in [-0.25, -0.2) is 19.6 Å². The number of methoxy groups -OCH3 is 2. The highest BCUT2D eigenvalue weighted by atomic mass is 35.5. The van der Waals surface area contributed by atoms with Crippen molar-refractivity contribution in [1.82, 2.24) is 40.4 Å². The van der Waals surface area contributed by atoms with E-state index in [0.717, 1.165) is 70.0 Å². The molecule has 4 fully saturated rings. The van der Waals surface area contributed by atoms with E-state index in [1.165, 1.54) is 14.2 Å². The molecule has 2 saturated heterocycles. The fraction of sp³-hybridized carbons (Fsp3) is 0.478. The van der Waals surface area contributed by atoms with Crippen LogP contribution in [0.1, 0.15) is 84.0 Å². The molecule has 4 amide bonds. The molecular weight excluding hydrogens is 796 g/mol. The van der Waals surface area contributed by atoms with Gasteiger partial charge in [0.05, 0.1) is 37.3 Å². The summed E-state index contributed by atoms with van der Waals surface area (Å²) in [6.45, 7) is 9.85. The summed E-state index contributed by atoms with van der Waals surface area (Å²) in [5.41, 5.74) is 5.29. The Hall–Kier alpha value is -5.63. The van der Waals surface area contributed by atoms with Crippen molar-refractivity contribution in [1.29, 1.82) is 0 Å². The molecule has 9 rings (SSSR count). The maximum atomic E-state index is 14.1. The molecule has 0 spiro atoms. The normalized spacial score (nSPS) is 25.0. The van der Waals surface area contributed by atoms with Gasteiger partial charge in [-0.15, -0.1) is 0 Å². The number of hydrogen-bond donors (Lipinski definition) is 4. The first-order valence-electron chi connectivity index (χ1n) is 21.4. The van der Waals surface area contributed by atoms with Crippen molar-refractivity contribution in [2.45, 2.75) is 96.6 Å². The molecule has 2 bridgehead atoms. The third-order valence-corrected chi connectivity index (χ3v) is 14.1. The molecule has 61 heavy (non-hydrogen) atoms. The number of halogens is 1. The number of hydrogen-bond acceptors (Lipinski definition) is 8. The zero-order valence-corrected chi connectivity index (χ0v) is 36.2. The van der Waals surface area contributed by atoms with Crippen LogP contribution >= 0.6 is 11.6 Å². The van der Waals surface area contributed by atoms with E-state index in [2.05, 4.69) is 63.9 Å². The number of aromatic nitrogens is 4. The summed E-state index contributed by atoms with van der Waals surface area (Å²) in [6, 6.07) is 16.9. The summed E-state index contributed by atoms with van der Waals surface area (Å²) in [6.07, 6.45) is 2.36. The van der Waals surface area contributed by atoms with Gasteiger partial charge in [-0.3, -0.25) is 9.59 Å². The van der Waals surface area contributed by atoms with Crippen molar-refractivity contribution in [2.75, 3.05) is 14.2 Å². The summed E-state index contributed by atoms with van der Waals surface area (Å²) in [5.74, 6) is 1.95. The molecule has 4 N–H and O–H groups in total. The van der Waals surface area contributed by atoms with Gasteiger partial charge in [-0.2, -0.15) is 0 Å². The number of piperidine rings is 2. The Bertz CT molecular complexity index is 2530. The second kappa shape index (κ2) is 15.7. The Labute approximate surface area is 359 Å². The summed E-state index contributed by atoms with van der Waals surface area (Å²) in [7, 11) is 2.60. The second-order valence-electron chi connectivity index (χ2n) is 18.0. The average molecular weight is 849 g/mol. The zero-order chi connectivity index (χ0) is 43.0. The Morgan fingerprint density at radius 2 is 1.41 bits per heavy atom. The minimum atomic E-state index is -0.721. The number of carbonyl (C=O) groups is 4. The minimum Gasteiger partial charge on any atom is -0.453 e. The van der Waals surface area contributed by atoms with Gasteiger partial charge in [0, 0.05) is 23.0 Å². The summed E-state index contributed by atoms with van der Waals surface area (Å²) in [4.78, 5) is 73.3.